The lowest BCUT2D eigenvalue weighted by Gasteiger charge is -2.19. The smallest absolute Gasteiger partial charge is 0.327 e. The van der Waals surface area contributed by atoms with E-state index in [1.54, 1.807) is 6.07 Å². The fraction of sp³-hybridized carbons (Fsp3) is 0.333. The van der Waals surface area contributed by atoms with Crippen LogP contribution in [0.5, 0.6) is 0 Å². The highest BCUT2D eigenvalue weighted by Gasteiger charge is 2.30. The van der Waals surface area contributed by atoms with Gasteiger partial charge in [-0.3, -0.25) is 4.79 Å². The van der Waals surface area contributed by atoms with E-state index >= 15 is 0 Å². The quantitative estimate of drug-likeness (QED) is 0.730. The van der Waals surface area contributed by atoms with Crippen LogP contribution in [0.25, 0.3) is 0 Å². The molecule has 0 radical (unpaired) electrons. The monoisotopic (exact) mass is 332 g/mol. The van der Waals surface area contributed by atoms with E-state index in [4.69, 9.17) is 16.9 Å². The zero-order valence-electron chi connectivity index (χ0n) is 11.0. The number of rotatable bonds is 6. The van der Waals surface area contributed by atoms with Gasteiger partial charge in [-0.15, -0.1) is 0 Å². The average molecular weight is 333 g/mol. The first-order chi connectivity index (χ1) is 9.77. The number of carbonyl (C=O) groups excluding carboxylic acids is 1. The van der Waals surface area contributed by atoms with Crippen molar-refractivity contribution in [3.63, 3.8) is 0 Å². The third kappa shape index (κ3) is 4.99. The molecule has 0 heterocycles. The Kier molecular flexibility index (Phi) is 6.11. The maximum absolute atomic E-state index is 12.1. The molecule has 0 amide bonds. The summed E-state index contributed by atoms with van der Waals surface area (Å²) in [6.07, 6.45) is -1.33. The summed E-state index contributed by atoms with van der Waals surface area (Å²) >= 11 is 5.67. The van der Waals surface area contributed by atoms with Gasteiger partial charge in [-0.05, 0) is 31.2 Å². The van der Waals surface area contributed by atoms with Gasteiger partial charge >= 0.3 is 5.97 Å². The van der Waals surface area contributed by atoms with Gasteiger partial charge in [0.05, 0.1) is 11.0 Å². The van der Waals surface area contributed by atoms with Crippen molar-refractivity contribution in [1.29, 1.82) is 5.26 Å². The minimum absolute atomic E-state index is 0.120. The van der Waals surface area contributed by atoms with Gasteiger partial charge < -0.3 is 9.84 Å². The summed E-state index contributed by atoms with van der Waals surface area (Å²) in [4.78, 5) is 11.5. The highest BCUT2D eigenvalue weighted by atomic mass is 35.5. The number of halogens is 1. The topological polar surface area (TPSA) is 116 Å². The molecule has 1 rings (SSSR count). The highest BCUT2D eigenvalue weighted by molar-refractivity contribution is 7.89. The molecule has 114 valence electrons. The fourth-order valence-corrected chi connectivity index (χ4v) is 2.77. The molecule has 0 aliphatic heterocycles. The molecule has 0 spiro atoms. The van der Waals surface area contributed by atoms with Gasteiger partial charge in [-0.25, -0.2) is 8.42 Å². The summed E-state index contributed by atoms with van der Waals surface area (Å²) in [6, 6.07) is 5.32. The number of hydrogen-bond donors (Lipinski definition) is 2. The highest BCUT2D eigenvalue weighted by Crippen LogP contribution is 2.15. The van der Waals surface area contributed by atoms with Gasteiger partial charge in [-0.2, -0.15) is 9.98 Å². The molecule has 0 bridgehead atoms. The standard InChI is InChI=1S/C12H13ClN2O5S/c1-8(16)11(12(17)20-7-6-14)15-21(18,19)10-4-2-9(13)3-5-10/h2-5,8,11,15-16H,7H2,1H3/t8-,11-/m1/s1. The van der Waals surface area contributed by atoms with Crippen LogP contribution in [0.2, 0.25) is 5.02 Å². The molecule has 2 N–H and O–H groups in total. The van der Waals surface area contributed by atoms with Gasteiger partial charge in [0.2, 0.25) is 10.0 Å². The van der Waals surface area contributed by atoms with Gasteiger partial charge in [0.1, 0.15) is 12.1 Å². The van der Waals surface area contributed by atoms with Gasteiger partial charge in [0.25, 0.3) is 0 Å². The largest absolute Gasteiger partial charge is 0.449 e. The van der Waals surface area contributed by atoms with Crippen LogP contribution < -0.4 is 4.72 Å². The predicted molar refractivity (Wildman–Crippen MR) is 73.8 cm³/mol. The van der Waals surface area contributed by atoms with Crippen LogP contribution in [-0.2, 0) is 19.6 Å². The van der Waals surface area contributed by atoms with Crippen molar-refractivity contribution < 1.29 is 23.1 Å². The van der Waals surface area contributed by atoms with Crippen LogP contribution in [0.15, 0.2) is 29.2 Å². The Bertz CT molecular complexity index is 637. The van der Waals surface area contributed by atoms with E-state index < -0.39 is 34.7 Å². The number of aliphatic hydroxyl groups excluding tert-OH is 1. The lowest BCUT2D eigenvalue weighted by atomic mass is 10.2. The Morgan fingerprint density at radius 1 is 1.48 bits per heavy atom. The van der Waals surface area contributed by atoms with E-state index in [2.05, 4.69) is 4.74 Å². The van der Waals surface area contributed by atoms with Crippen molar-refractivity contribution in [1.82, 2.24) is 4.72 Å². The first-order valence-corrected chi connectivity index (χ1v) is 7.63. The summed E-state index contributed by atoms with van der Waals surface area (Å²) in [5.41, 5.74) is 0. The fourth-order valence-electron chi connectivity index (χ4n) is 1.39. The van der Waals surface area contributed by atoms with Crippen LogP contribution in [0.1, 0.15) is 6.92 Å². The average Bonchev–Trinajstić information content (AvgIpc) is 2.42. The molecule has 0 saturated carbocycles. The Labute approximate surface area is 127 Å². The molecule has 2 atom stereocenters. The number of ether oxygens (including phenoxy) is 1. The Morgan fingerprint density at radius 2 is 2.05 bits per heavy atom. The van der Waals surface area contributed by atoms with E-state index in [1.807, 2.05) is 4.72 Å². The normalized spacial score (nSPS) is 14.0. The third-order valence-corrected chi connectivity index (χ3v) is 4.13. The van der Waals surface area contributed by atoms with Crippen LogP contribution in [0, 0.1) is 11.3 Å². The zero-order valence-corrected chi connectivity index (χ0v) is 12.6. The van der Waals surface area contributed by atoms with E-state index in [-0.39, 0.29) is 4.90 Å². The third-order valence-electron chi connectivity index (χ3n) is 2.42. The number of esters is 1. The molecule has 21 heavy (non-hydrogen) atoms. The summed E-state index contributed by atoms with van der Waals surface area (Å²) in [6.45, 7) is 0.688. The molecule has 7 nitrogen and oxygen atoms in total. The number of nitrogens with zero attached hydrogens (tertiary/aromatic N) is 1. The van der Waals surface area contributed by atoms with E-state index in [0.717, 1.165) is 0 Å². The van der Waals surface area contributed by atoms with Gasteiger partial charge in [-0.1, -0.05) is 11.6 Å². The molecular formula is C12H13ClN2O5S. The van der Waals surface area contributed by atoms with Crippen LogP contribution in [-0.4, -0.2) is 38.2 Å². The van der Waals surface area contributed by atoms with Crippen LogP contribution in [0.4, 0.5) is 0 Å². The van der Waals surface area contributed by atoms with Crippen molar-refractivity contribution in [2.75, 3.05) is 6.61 Å². The lowest BCUT2D eigenvalue weighted by molar-refractivity contribution is -0.146. The Hall–Kier alpha value is -1.66. The number of carbonyl (C=O) groups is 1. The molecular weight excluding hydrogens is 320 g/mol. The first-order valence-electron chi connectivity index (χ1n) is 5.77. The summed E-state index contributed by atoms with van der Waals surface area (Å²) < 4.78 is 30.7. The van der Waals surface area contributed by atoms with Crippen molar-refractivity contribution >= 4 is 27.6 Å². The predicted octanol–water partition coefficient (Wildman–Crippen LogP) is 0.434. The zero-order chi connectivity index (χ0) is 16.0. The number of sulfonamides is 1. The molecule has 0 aliphatic rings. The lowest BCUT2D eigenvalue weighted by Crippen LogP contribution is -2.48. The minimum atomic E-state index is -4.04. The van der Waals surface area contributed by atoms with E-state index in [0.29, 0.717) is 5.02 Å². The summed E-state index contributed by atoms with van der Waals surface area (Å²) in [5.74, 6) is -1.04. The number of nitriles is 1. The Morgan fingerprint density at radius 3 is 2.52 bits per heavy atom. The molecule has 1 aromatic rings. The van der Waals surface area contributed by atoms with Crippen molar-refractivity contribution in [2.24, 2.45) is 0 Å². The number of hydrogen-bond acceptors (Lipinski definition) is 6. The van der Waals surface area contributed by atoms with Crippen LogP contribution >= 0.6 is 11.6 Å². The molecule has 0 fully saturated rings. The number of benzene rings is 1. The van der Waals surface area contributed by atoms with E-state index in [1.165, 1.54) is 31.2 Å². The molecule has 0 aliphatic carbocycles. The van der Waals surface area contributed by atoms with Crippen molar-refractivity contribution in [3.05, 3.63) is 29.3 Å². The maximum atomic E-state index is 12.1. The van der Waals surface area contributed by atoms with E-state index in [9.17, 15) is 18.3 Å². The van der Waals surface area contributed by atoms with Gasteiger partial charge in [0, 0.05) is 5.02 Å². The van der Waals surface area contributed by atoms with Crippen molar-refractivity contribution in [2.45, 2.75) is 24.0 Å². The molecule has 9 heteroatoms. The molecule has 1 aromatic carbocycles. The molecule has 0 aromatic heterocycles. The van der Waals surface area contributed by atoms with Gasteiger partial charge in [0.15, 0.2) is 6.61 Å². The maximum Gasteiger partial charge on any atom is 0.327 e. The SMILES string of the molecule is C[C@@H](O)[C@@H](NS(=O)(=O)c1ccc(Cl)cc1)C(=O)OCC#N. The second-order valence-electron chi connectivity index (χ2n) is 4.06. The summed E-state index contributed by atoms with van der Waals surface area (Å²) in [7, 11) is -4.04. The first kappa shape index (κ1) is 17.4. The van der Waals surface area contributed by atoms with Crippen LogP contribution in [0.3, 0.4) is 0 Å². The minimum Gasteiger partial charge on any atom is -0.449 e. The second kappa shape index (κ2) is 7.38. The van der Waals surface area contributed by atoms with Crippen molar-refractivity contribution in [3.8, 4) is 6.07 Å². The number of nitrogens with one attached hydrogen (secondary N) is 1. The Balaban J connectivity index is 2.95. The number of aliphatic hydroxyl groups is 1. The molecule has 0 saturated heterocycles. The second-order valence-corrected chi connectivity index (χ2v) is 6.21. The molecule has 0 unspecified atom stereocenters. The summed E-state index contributed by atoms with van der Waals surface area (Å²) in [5, 5.41) is 18.2.